The van der Waals surface area contributed by atoms with Gasteiger partial charge in [-0.15, -0.1) is 0 Å². The molecule has 0 bridgehead atoms. The molecule has 5 nitrogen and oxygen atoms in total. The lowest BCUT2D eigenvalue weighted by Crippen LogP contribution is -2.37. The molecule has 4 aromatic rings. The van der Waals surface area contributed by atoms with E-state index in [0.29, 0.717) is 10.9 Å². The van der Waals surface area contributed by atoms with Crippen LogP contribution in [0.4, 0.5) is 0 Å². The SMILES string of the molecule is CN(C(=O)Cn1cnc2ccccc2c1=O)C(c1ccccc1)c1ccccc1. The molecule has 0 saturated heterocycles. The molecule has 144 valence electrons. The lowest BCUT2D eigenvalue weighted by molar-refractivity contribution is -0.132. The quantitative estimate of drug-likeness (QED) is 0.529. The van der Waals surface area contributed by atoms with Crippen molar-refractivity contribution in [1.82, 2.24) is 14.5 Å². The summed E-state index contributed by atoms with van der Waals surface area (Å²) in [7, 11) is 1.77. The number of hydrogen-bond acceptors (Lipinski definition) is 3. The van der Waals surface area contributed by atoms with E-state index < -0.39 is 0 Å². The Hall–Kier alpha value is -3.73. The van der Waals surface area contributed by atoms with E-state index >= 15 is 0 Å². The highest BCUT2D eigenvalue weighted by molar-refractivity contribution is 5.79. The van der Waals surface area contributed by atoms with E-state index in [9.17, 15) is 9.59 Å². The lowest BCUT2D eigenvalue weighted by atomic mass is 9.97. The Morgan fingerprint density at radius 3 is 2.07 bits per heavy atom. The van der Waals surface area contributed by atoms with E-state index in [2.05, 4.69) is 4.98 Å². The Balaban J connectivity index is 1.66. The number of carbonyl (C=O) groups is 1. The van der Waals surface area contributed by atoms with Gasteiger partial charge in [0.05, 0.1) is 23.3 Å². The van der Waals surface area contributed by atoms with Gasteiger partial charge in [0.25, 0.3) is 5.56 Å². The molecule has 0 fully saturated rings. The number of para-hydroxylation sites is 1. The minimum absolute atomic E-state index is 0.0661. The molecule has 0 aliphatic heterocycles. The van der Waals surface area contributed by atoms with E-state index in [1.807, 2.05) is 66.7 Å². The molecule has 0 aliphatic rings. The number of amides is 1. The van der Waals surface area contributed by atoms with Crippen LogP contribution >= 0.6 is 0 Å². The number of fused-ring (bicyclic) bond motifs is 1. The third kappa shape index (κ3) is 3.80. The van der Waals surface area contributed by atoms with Crippen molar-refractivity contribution in [2.45, 2.75) is 12.6 Å². The van der Waals surface area contributed by atoms with E-state index in [4.69, 9.17) is 0 Å². The van der Waals surface area contributed by atoms with Crippen molar-refractivity contribution in [3.05, 3.63) is 113 Å². The fourth-order valence-corrected chi connectivity index (χ4v) is 3.53. The monoisotopic (exact) mass is 383 g/mol. The van der Waals surface area contributed by atoms with Gasteiger partial charge in [-0.25, -0.2) is 4.98 Å². The van der Waals surface area contributed by atoms with Crippen molar-refractivity contribution in [3.8, 4) is 0 Å². The van der Waals surface area contributed by atoms with E-state index in [-0.39, 0.29) is 24.1 Å². The molecule has 0 N–H and O–H groups in total. The highest BCUT2D eigenvalue weighted by atomic mass is 16.2. The van der Waals surface area contributed by atoms with Gasteiger partial charge in [0.1, 0.15) is 6.54 Å². The molecular formula is C24H21N3O2. The molecular weight excluding hydrogens is 362 g/mol. The number of carbonyl (C=O) groups excluding carboxylic acids is 1. The summed E-state index contributed by atoms with van der Waals surface area (Å²) in [5.41, 5.74) is 2.44. The van der Waals surface area contributed by atoms with Crippen LogP contribution in [0.3, 0.4) is 0 Å². The molecule has 29 heavy (non-hydrogen) atoms. The third-order valence-electron chi connectivity index (χ3n) is 5.05. The molecule has 1 amide bonds. The molecule has 0 saturated carbocycles. The van der Waals surface area contributed by atoms with E-state index in [0.717, 1.165) is 11.1 Å². The number of hydrogen-bond donors (Lipinski definition) is 0. The Labute approximate surface area is 168 Å². The maximum absolute atomic E-state index is 13.1. The van der Waals surface area contributed by atoms with Crippen molar-refractivity contribution in [1.29, 1.82) is 0 Å². The Kier molecular flexibility index (Phi) is 5.20. The zero-order valence-electron chi connectivity index (χ0n) is 16.1. The van der Waals surface area contributed by atoms with Crippen LogP contribution in [-0.4, -0.2) is 27.4 Å². The summed E-state index contributed by atoms with van der Waals surface area (Å²) in [5.74, 6) is -0.165. The third-order valence-corrected chi connectivity index (χ3v) is 5.05. The average molecular weight is 383 g/mol. The number of rotatable bonds is 5. The van der Waals surface area contributed by atoms with Crippen molar-refractivity contribution in [3.63, 3.8) is 0 Å². The van der Waals surface area contributed by atoms with E-state index in [1.54, 1.807) is 30.1 Å². The zero-order chi connectivity index (χ0) is 20.2. The molecule has 4 rings (SSSR count). The summed E-state index contributed by atoms with van der Waals surface area (Å²) in [6, 6.07) is 26.7. The average Bonchev–Trinajstić information content (AvgIpc) is 2.77. The van der Waals surface area contributed by atoms with Gasteiger partial charge in [0.2, 0.25) is 5.91 Å². The number of aromatic nitrogens is 2. The molecule has 3 aromatic carbocycles. The van der Waals surface area contributed by atoms with Crippen molar-refractivity contribution >= 4 is 16.8 Å². The van der Waals surface area contributed by atoms with Crippen LogP contribution in [0.15, 0.2) is 96.1 Å². The summed E-state index contributed by atoms with van der Waals surface area (Å²) in [6.07, 6.45) is 1.44. The second-order valence-electron chi connectivity index (χ2n) is 6.92. The zero-order valence-corrected chi connectivity index (χ0v) is 16.1. The molecule has 0 unspecified atom stereocenters. The highest BCUT2D eigenvalue weighted by Gasteiger charge is 2.23. The van der Waals surface area contributed by atoms with Gasteiger partial charge in [-0.2, -0.15) is 0 Å². The second kappa shape index (κ2) is 8.10. The van der Waals surface area contributed by atoms with Crippen LogP contribution in [0.25, 0.3) is 10.9 Å². The van der Waals surface area contributed by atoms with Gasteiger partial charge >= 0.3 is 0 Å². The minimum Gasteiger partial charge on any atom is -0.333 e. The van der Waals surface area contributed by atoms with Gasteiger partial charge in [-0.05, 0) is 23.3 Å². The van der Waals surface area contributed by atoms with Crippen LogP contribution in [0.2, 0.25) is 0 Å². The lowest BCUT2D eigenvalue weighted by Gasteiger charge is -2.29. The number of benzene rings is 3. The maximum Gasteiger partial charge on any atom is 0.261 e. The molecule has 5 heteroatoms. The molecule has 0 spiro atoms. The molecule has 0 aliphatic carbocycles. The standard InChI is InChI=1S/C24H21N3O2/c1-26(23(18-10-4-2-5-11-18)19-12-6-3-7-13-19)22(28)16-27-17-25-21-15-9-8-14-20(21)24(27)29/h2-15,17,23H,16H2,1H3. The van der Waals surface area contributed by atoms with Crippen molar-refractivity contribution in [2.75, 3.05) is 7.05 Å². The van der Waals surface area contributed by atoms with Crippen LogP contribution in [0.5, 0.6) is 0 Å². The smallest absolute Gasteiger partial charge is 0.261 e. The first kappa shape index (κ1) is 18.6. The maximum atomic E-state index is 13.1. The molecule has 0 radical (unpaired) electrons. The normalized spacial score (nSPS) is 11.0. The summed E-state index contributed by atoms with van der Waals surface area (Å²) < 4.78 is 1.37. The van der Waals surface area contributed by atoms with Gasteiger partial charge in [-0.1, -0.05) is 72.8 Å². The summed E-state index contributed by atoms with van der Waals surface area (Å²) >= 11 is 0. The predicted octanol–water partition coefficient (Wildman–Crippen LogP) is 3.64. The first-order valence-electron chi connectivity index (χ1n) is 9.45. The second-order valence-corrected chi connectivity index (χ2v) is 6.92. The largest absolute Gasteiger partial charge is 0.333 e. The first-order valence-corrected chi connectivity index (χ1v) is 9.45. The summed E-state index contributed by atoms with van der Waals surface area (Å²) in [4.78, 5) is 31.9. The first-order chi connectivity index (χ1) is 14.1. The van der Waals surface area contributed by atoms with Crippen molar-refractivity contribution < 1.29 is 4.79 Å². The number of nitrogens with zero attached hydrogens (tertiary/aromatic N) is 3. The Morgan fingerprint density at radius 1 is 0.897 bits per heavy atom. The summed E-state index contributed by atoms with van der Waals surface area (Å²) in [6.45, 7) is -0.0661. The molecule has 0 atom stereocenters. The molecule has 1 aromatic heterocycles. The fourth-order valence-electron chi connectivity index (χ4n) is 3.53. The predicted molar refractivity (Wildman–Crippen MR) is 114 cm³/mol. The summed E-state index contributed by atoms with van der Waals surface area (Å²) in [5, 5.41) is 0.508. The van der Waals surface area contributed by atoms with Crippen LogP contribution in [0.1, 0.15) is 17.2 Å². The van der Waals surface area contributed by atoms with Crippen LogP contribution in [0, 0.1) is 0 Å². The fraction of sp³-hybridized carbons (Fsp3) is 0.125. The highest BCUT2D eigenvalue weighted by Crippen LogP contribution is 2.27. The van der Waals surface area contributed by atoms with Gasteiger partial charge < -0.3 is 4.90 Å². The van der Waals surface area contributed by atoms with Crippen LogP contribution < -0.4 is 5.56 Å². The van der Waals surface area contributed by atoms with Crippen LogP contribution in [-0.2, 0) is 11.3 Å². The minimum atomic E-state index is -0.242. The van der Waals surface area contributed by atoms with E-state index in [1.165, 1.54) is 10.9 Å². The van der Waals surface area contributed by atoms with Crippen molar-refractivity contribution in [2.24, 2.45) is 0 Å². The van der Waals surface area contributed by atoms with Gasteiger partial charge in [0, 0.05) is 7.05 Å². The molecule has 1 heterocycles. The topological polar surface area (TPSA) is 55.2 Å². The Bertz CT molecular complexity index is 1150. The number of likely N-dealkylation sites (N-methyl/N-ethyl adjacent to an activating group) is 1. The van der Waals surface area contributed by atoms with Gasteiger partial charge in [-0.3, -0.25) is 14.2 Å². The Morgan fingerprint density at radius 2 is 1.45 bits per heavy atom. The van der Waals surface area contributed by atoms with Gasteiger partial charge in [0.15, 0.2) is 0 Å².